The number of likely N-dealkylation sites (tertiary alicyclic amines) is 1. The van der Waals surface area contributed by atoms with Crippen LogP contribution in [0.2, 0.25) is 0 Å². The predicted molar refractivity (Wildman–Crippen MR) is 82.0 cm³/mol. The summed E-state index contributed by atoms with van der Waals surface area (Å²) in [6, 6.07) is 9.30. The van der Waals surface area contributed by atoms with E-state index in [9.17, 15) is 0 Å². The van der Waals surface area contributed by atoms with Gasteiger partial charge in [-0.15, -0.1) is 0 Å². The summed E-state index contributed by atoms with van der Waals surface area (Å²) < 4.78 is 6.00. The highest BCUT2D eigenvalue weighted by molar-refractivity contribution is 5.28. The lowest BCUT2D eigenvalue weighted by molar-refractivity contribution is 0.150. The number of rotatable bonds is 6. The molecule has 0 aromatic heterocycles. The third kappa shape index (κ3) is 4.22. The zero-order valence-electron chi connectivity index (χ0n) is 12.5. The normalized spacial score (nSPS) is 23.8. The van der Waals surface area contributed by atoms with Crippen molar-refractivity contribution in [1.82, 2.24) is 10.2 Å². The van der Waals surface area contributed by atoms with Crippen LogP contribution in [0.4, 0.5) is 0 Å². The van der Waals surface area contributed by atoms with Gasteiger partial charge in [-0.25, -0.2) is 0 Å². The van der Waals surface area contributed by atoms with E-state index < -0.39 is 0 Å². The van der Waals surface area contributed by atoms with E-state index in [2.05, 4.69) is 41.5 Å². The fourth-order valence-corrected chi connectivity index (χ4v) is 2.92. The van der Waals surface area contributed by atoms with Crippen LogP contribution in [0.3, 0.4) is 0 Å². The highest BCUT2D eigenvalue weighted by Gasteiger charge is 2.20. The molecular formula is C17H26N2O. The molecule has 0 spiro atoms. The van der Waals surface area contributed by atoms with Gasteiger partial charge in [-0.2, -0.15) is 0 Å². The zero-order chi connectivity index (χ0) is 13.8. The van der Waals surface area contributed by atoms with Crippen molar-refractivity contribution >= 4 is 0 Å². The number of hydrogen-bond donors (Lipinski definition) is 1. The van der Waals surface area contributed by atoms with Crippen LogP contribution in [0.15, 0.2) is 24.3 Å². The summed E-state index contributed by atoms with van der Waals surface area (Å²) in [6.45, 7) is 4.22. The molecule has 0 bridgehead atoms. The third-order valence-electron chi connectivity index (χ3n) is 4.28. The van der Waals surface area contributed by atoms with E-state index in [1.165, 1.54) is 44.3 Å². The average Bonchev–Trinajstić information content (AvgIpc) is 3.28. The lowest BCUT2D eigenvalue weighted by atomic mass is 9.99. The maximum Gasteiger partial charge on any atom is 0.119 e. The van der Waals surface area contributed by atoms with E-state index >= 15 is 0 Å². The van der Waals surface area contributed by atoms with E-state index in [1.807, 2.05) is 0 Å². The number of benzene rings is 1. The number of piperidine rings is 1. The topological polar surface area (TPSA) is 24.5 Å². The SMILES string of the molecule is CN1CCCC(COc2cccc(CNC3CC3)c2)C1. The molecule has 1 atom stereocenters. The fourth-order valence-electron chi connectivity index (χ4n) is 2.92. The van der Waals surface area contributed by atoms with Crippen LogP contribution in [0.5, 0.6) is 5.75 Å². The monoisotopic (exact) mass is 274 g/mol. The quantitative estimate of drug-likeness (QED) is 0.863. The van der Waals surface area contributed by atoms with Crippen molar-refractivity contribution in [2.75, 3.05) is 26.7 Å². The highest BCUT2D eigenvalue weighted by atomic mass is 16.5. The summed E-state index contributed by atoms with van der Waals surface area (Å²) in [7, 11) is 2.20. The Kier molecular flexibility index (Phi) is 4.58. The van der Waals surface area contributed by atoms with Gasteiger partial charge in [0.2, 0.25) is 0 Å². The average molecular weight is 274 g/mol. The van der Waals surface area contributed by atoms with Crippen LogP contribution in [-0.2, 0) is 6.54 Å². The van der Waals surface area contributed by atoms with Gasteiger partial charge in [0.05, 0.1) is 6.61 Å². The van der Waals surface area contributed by atoms with Gasteiger partial charge < -0.3 is 15.0 Å². The lowest BCUT2D eigenvalue weighted by Gasteiger charge is -2.29. The molecule has 1 heterocycles. The van der Waals surface area contributed by atoms with Gasteiger partial charge in [0, 0.05) is 25.0 Å². The van der Waals surface area contributed by atoms with Gasteiger partial charge in [-0.1, -0.05) is 12.1 Å². The van der Waals surface area contributed by atoms with Crippen LogP contribution < -0.4 is 10.1 Å². The second-order valence-corrected chi connectivity index (χ2v) is 6.38. The van der Waals surface area contributed by atoms with Crippen molar-refractivity contribution < 1.29 is 4.74 Å². The largest absolute Gasteiger partial charge is 0.493 e. The second kappa shape index (κ2) is 6.59. The molecule has 1 aromatic rings. The molecule has 1 saturated heterocycles. The summed E-state index contributed by atoms with van der Waals surface area (Å²) >= 11 is 0. The van der Waals surface area contributed by atoms with E-state index in [1.54, 1.807) is 0 Å². The number of ether oxygens (including phenoxy) is 1. The number of hydrogen-bond acceptors (Lipinski definition) is 3. The smallest absolute Gasteiger partial charge is 0.119 e. The van der Waals surface area contributed by atoms with Crippen LogP contribution in [0.1, 0.15) is 31.2 Å². The molecule has 0 radical (unpaired) electrons. The molecule has 1 N–H and O–H groups in total. The highest BCUT2D eigenvalue weighted by Crippen LogP contribution is 2.21. The van der Waals surface area contributed by atoms with Crippen LogP contribution in [0.25, 0.3) is 0 Å². The molecule has 1 unspecified atom stereocenters. The predicted octanol–water partition coefficient (Wildman–Crippen LogP) is 2.66. The van der Waals surface area contributed by atoms with Crippen LogP contribution in [0, 0.1) is 5.92 Å². The van der Waals surface area contributed by atoms with E-state index in [4.69, 9.17) is 4.74 Å². The molecule has 0 amide bonds. The molecule has 1 aromatic carbocycles. The Hall–Kier alpha value is -1.06. The molecule has 3 heteroatoms. The minimum absolute atomic E-state index is 0.682. The Morgan fingerprint density at radius 3 is 3.00 bits per heavy atom. The summed E-state index contributed by atoms with van der Waals surface area (Å²) in [5.41, 5.74) is 1.33. The standard InChI is InChI=1S/C17H26N2O/c1-19-9-3-5-15(12-19)13-20-17-6-2-4-14(10-17)11-18-16-7-8-16/h2,4,6,10,15-16,18H,3,5,7-9,11-13H2,1H3. The first kappa shape index (κ1) is 13.9. The third-order valence-corrected chi connectivity index (χ3v) is 4.28. The Balaban J connectivity index is 1.47. The minimum Gasteiger partial charge on any atom is -0.493 e. The number of nitrogens with zero attached hydrogens (tertiary/aromatic N) is 1. The second-order valence-electron chi connectivity index (χ2n) is 6.38. The molecule has 110 valence electrons. The maximum absolute atomic E-state index is 6.00. The minimum atomic E-state index is 0.682. The summed E-state index contributed by atoms with van der Waals surface area (Å²) in [6.07, 6.45) is 5.28. The molecule has 2 fully saturated rings. The van der Waals surface area contributed by atoms with Gasteiger partial charge >= 0.3 is 0 Å². The first-order chi connectivity index (χ1) is 9.79. The van der Waals surface area contributed by atoms with Crippen molar-refractivity contribution in [2.24, 2.45) is 5.92 Å². The molecular weight excluding hydrogens is 248 g/mol. The van der Waals surface area contributed by atoms with Crippen LogP contribution >= 0.6 is 0 Å². The maximum atomic E-state index is 6.00. The van der Waals surface area contributed by atoms with E-state index in [0.717, 1.165) is 24.9 Å². The Morgan fingerprint density at radius 1 is 1.30 bits per heavy atom. The molecule has 3 nitrogen and oxygen atoms in total. The van der Waals surface area contributed by atoms with Crippen molar-refractivity contribution in [1.29, 1.82) is 0 Å². The van der Waals surface area contributed by atoms with Crippen molar-refractivity contribution in [3.05, 3.63) is 29.8 Å². The summed E-state index contributed by atoms with van der Waals surface area (Å²) in [5.74, 6) is 1.70. The van der Waals surface area contributed by atoms with Crippen molar-refractivity contribution in [3.63, 3.8) is 0 Å². The Bertz CT molecular complexity index is 431. The molecule has 2 aliphatic rings. The number of nitrogens with one attached hydrogen (secondary N) is 1. The molecule has 1 aliphatic carbocycles. The summed E-state index contributed by atoms with van der Waals surface area (Å²) in [5, 5.41) is 3.55. The van der Waals surface area contributed by atoms with Gasteiger partial charge in [-0.3, -0.25) is 0 Å². The van der Waals surface area contributed by atoms with Gasteiger partial charge in [0.15, 0.2) is 0 Å². The van der Waals surface area contributed by atoms with Gasteiger partial charge in [0.25, 0.3) is 0 Å². The van der Waals surface area contributed by atoms with Crippen LogP contribution in [-0.4, -0.2) is 37.7 Å². The molecule has 20 heavy (non-hydrogen) atoms. The lowest BCUT2D eigenvalue weighted by Crippen LogP contribution is -2.34. The van der Waals surface area contributed by atoms with E-state index in [0.29, 0.717) is 5.92 Å². The van der Waals surface area contributed by atoms with Crippen molar-refractivity contribution in [2.45, 2.75) is 38.3 Å². The van der Waals surface area contributed by atoms with E-state index in [-0.39, 0.29) is 0 Å². The van der Waals surface area contributed by atoms with Gasteiger partial charge in [0.1, 0.15) is 5.75 Å². The molecule has 1 saturated carbocycles. The molecule has 1 aliphatic heterocycles. The Labute approximate surface area is 122 Å². The zero-order valence-corrected chi connectivity index (χ0v) is 12.5. The van der Waals surface area contributed by atoms with Crippen molar-refractivity contribution in [3.8, 4) is 5.75 Å². The Morgan fingerprint density at radius 2 is 2.20 bits per heavy atom. The van der Waals surface area contributed by atoms with Gasteiger partial charge in [-0.05, 0) is 57.0 Å². The fraction of sp³-hybridized carbons (Fsp3) is 0.647. The molecule has 3 rings (SSSR count). The first-order valence-electron chi connectivity index (χ1n) is 7.93. The first-order valence-corrected chi connectivity index (χ1v) is 7.93. The summed E-state index contributed by atoms with van der Waals surface area (Å²) in [4.78, 5) is 2.41.